The molecule has 2 rings (SSSR count). The van der Waals surface area contributed by atoms with E-state index in [2.05, 4.69) is 57.9 Å². The van der Waals surface area contributed by atoms with Crippen LogP contribution in [0.2, 0.25) is 0 Å². The van der Waals surface area contributed by atoms with Gasteiger partial charge in [-0.2, -0.15) is 0 Å². The van der Waals surface area contributed by atoms with Crippen molar-refractivity contribution in [2.24, 2.45) is 93.8 Å². The Balaban J connectivity index is -0.000000218. The zero-order chi connectivity index (χ0) is 105. The van der Waals surface area contributed by atoms with Crippen LogP contribution < -0.4 is 43.8 Å². The molecule has 1 aromatic carbocycles. The van der Waals surface area contributed by atoms with Gasteiger partial charge in [0.05, 0.1) is 86.3 Å². The lowest BCUT2D eigenvalue weighted by atomic mass is 10.1. The van der Waals surface area contributed by atoms with Crippen LogP contribution in [0.1, 0.15) is 197 Å². The standard InChI is InChI=1S/C11H23N3O2.C11H15O6P.C10H17N2O4P.C10H19NO4.C9H12O6.C7H14N2O2.C7H15NO.C7H15O4P.C5H11NO.C5H11O6P/c1-8(2)10(15)7-14-11(16)9(13)5-3-4-6-12;1-8(2)11(12)16-7-9-3-5-10(6-4-9)17-18(13,14)15;1-7(2)17(15,16)5-8(10(13)14)3-9-4-11-6-12-9;1-6(2)8(11)10(13)15-5-14-9(12)7(3)4;1-6(2)9(13)15-5-14-8(12)4-3-7(10)11;1-5(2)6(10)4-9-7(11)3-8;1-6(2)7(9)5-8(3)4;1-5(2)7(8)11-12(9,10)6(3)4;1-4(2)5(7)3-6;1-4(2)5(6)10-3-11-12(7,8)9/h8-9H,3-7,12-13H2,1-2H3,(H,14,16);3-6,8H,7H2,1-2H3,(H2,13,14,15);4,6-8H,3,5H2,1-2H3,(H,11,12)(H,13,14)(H,15,16);6-8H,5,11H2,1-4H3;3-4,6H,5H2,1-2H3,(H,10,11);5H,3-4,8H2,1-2H3,(H,9,11);6H,5H2,1-4H3;5-6H,1-4H3,(H,9,10);4H,3,6H2,1-2H3;4H,3H2,1-2H3,(H2,7,8,9)/b;;;;4-3+;;;;;/t9-;;2*8-;;;;;;/m0.10....../s1. The summed E-state index contributed by atoms with van der Waals surface area (Å²) in [6.07, 6.45) is 6.63. The summed E-state index contributed by atoms with van der Waals surface area (Å²) in [5.41, 5.74) is 26.9. The molecule has 1 aromatic heterocycles. The molecule has 5 atom stereocenters. The fourth-order valence-electron chi connectivity index (χ4n) is 6.70. The average Bonchev–Trinajstić information content (AvgIpc) is 1.36. The molecule has 46 nitrogen and oxygen atoms in total. The summed E-state index contributed by atoms with van der Waals surface area (Å²) in [6.45, 7) is 41.2. The normalized spacial score (nSPS) is 12.5. The molecule has 2 amide bonds. The molecule has 0 aliphatic heterocycles. The number of unbranched alkanes of at least 4 members (excludes halogenated alkanes) is 1. The maximum absolute atomic E-state index is 11.8. The molecule has 766 valence electrons. The number of phosphoric ester groups is 2. The number of hydrogen-bond donors (Lipinski definition) is 16. The number of carbonyl (C=O) groups excluding carboxylic acids is 13. The van der Waals surface area contributed by atoms with E-state index in [4.69, 9.17) is 68.1 Å². The van der Waals surface area contributed by atoms with Gasteiger partial charge >= 0.3 is 77.0 Å². The number of hydrogen-bond acceptors (Lipinski definition) is 35. The van der Waals surface area contributed by atoms with Gasteiger partial charge in [0, 0.05) is 66.0 Å². The molecule has 0 spiro atoms. The van der Waals surface area contributed by atoms with Crippen molar-refractivity contribution in [3.8, 4) is 5.75 Å². The molecular weight excluding hydrogens is 1820 g/mol. The quantitative estimate of drug-likeness (QED) is 0.00872. The van der Waals surface area contributed by atoms with E-state index < -0.39 is 121 Å². The van der Waals surface area contributed by atoms with Crippen molar-refractivity contribution in [3.05, 3.63) is 60.2 Å². The summed E-state index contributed by atoms with van der Waals surface area (Å²) in [7, 11) is -12.4. The second-order valence-electron chi connectivity index (χ2n) is 32.3. The maximum Gasteiger partial charge on any atom is 0.524 e. The number of aromatic nitrogens is 2. The number of amides is 2. The van der Waals surface area contributed by atoms with Crippen LogP contribution in [0.15, 0.2) is 48.9 Å². The number of phosphoric acid groups is 2. The van der Waals surface area contributed by atoms with Gasteiger partial charge in [0.15, 0.2) is 11.6 Å². The number of likely N-dealkylation sites (N-methyl/N-ethyl adjacent to an activating group) is 1. The van der Waals surface area contributed by atoms with Crippen molar-refractivity contribution in [2.45, 2.75) is 222 Å². The fourth-order valence-corrected chi connectivity index (χ4v) is 9.31. The van der Waals surface area contributed by atoms with Gasteiger partial charge in [-0.1, -0.05) is 185 Å². The molecular formula is C82H152N10O36P4. The number of nitrogens with one attached hydrogen (secondary N) is 3. The van der Waals surface area contributed by atoms with Crippen LogP contribution in [-0.4, -0.2) is 246 Å². The number of nitrogens with zero attached hydrogens (tertiary/aromatic N) is 2. The SMILES string of the molecule is CC(C)C(=O)CN.CC(C)C(=O)CN(C)C.CC(C)C(=O)CNC(=O)CN.CC(C)C(=O)CNC(=O)[C@@H](N)CCCCN.CC(C)C(=O)OCOC(=O)/C=C/C(=O)O.CC(C)C(=O)OCOC(=O)[C@@H](N)C(C)C.CC(C)C(=O)OCOP(=O)(O)O.CC(C)C(=O)OCc1ccc(OP(=O)(O)O)cc1.CC(C)C(=O)OP(=O)(O)C(C)C.CC(C)P(=O)(O)C[C@@H](Cc1cnc[nH]1)C(=O)O. The average molecular weight is 1980 g/mol. The highest BCUT2D eigenvalue weighted by molar-refractivity contribution is 7.58. The molecule has 0 radical (unpaired) electrons. The third kappa shape index (κ3) is 85.4. The summed E-state index contributed by atoms with van der Waals surface area (Å²) in [4.78, 5) is 224. The van der Waals surface area contributed by atoms with Gasteiger partial charge in [0.2, 0.25) is 39.6 Å². The third-order valence-electron chi connectivity index (χ3n) is 15.6. The molecule has 21 N–H and O–H groups in total. The Kier molecular flexibility index (Phi) is 80.4. The van der Waals surface area contributed by atoms with Crippen molar-refractivity contribution in [2.75, 3.05) is 79.9 Å². The van der Waals surface area contributed by atoms with E-state index in [1.807, 2.05) is 60.5 Å². The molecule has 2 aromatic rings. The first-order chi connectivity index (χ1) is 60.3. The highest BCUT2D eigenvalue weighted by Gasteiger charge is 2.33. The lowest BCUT2D eigenvalue weighted by Gasteiger charge is -2.19. The number of Topliss-reactive ketones (excluding diaryl/α,β-unsaturated/α-hetero) is 4. The lowest BCUT2D eigenvalue weighted by Crippen LogP contribution is -2.43. The molecule has 0 bridgehead atoms. The van der Waals surface area contributed by atoms with Crippen molar-refractivity contribution in [1.29, 1.82) is 0 Å². The number of rotatable bonds is 45. The van der Waals surface area contributed by atoms with Crippen molar-refractivity contribution >= 4 is 119 Å². The largest absolute Gasteiger partial charge is 0.524 e. The number of ether oxygens (including phenoxy) is 6. The van der Waals surface area contributed by atoms with Crippen molar-refractivity contribution in [3.63, 3.8) is 0 Å². The number of carboxylic acids is 2. The summed E-state index contributed by atoms with van der Waals surface area (Å²) in [6, 6.07) is 4.72. The van der Waals surface area contributed by atoms with Gasteiger partial charge < -0.3 is 116 Å². The second kappa shape index (κ2) is 76.5. The highest BCUT2D eigenvalue weighted by atomic mass is 31.2. The molecule has 0 saturated carbocycles. The Bertz CT molecular complexity index is 3920. The number of esters is 6. The van der Waals surface area contributed by atoms with E-state index in [-0.39, 0.29) is 152 Å². The topological polar surface area (TPSA) is 755 Å². The number of nitrogens with two attached hydrogens (primary N) is 5. The number of aromatic amines is 1. The van der Waals surface area contributed by atoms with Crippen LogP contribution in [-0.2, 0) is 141 Å². The molecule has 0 aliphatic carbocycles. The van der Waals surface area contributed by atoms with Crippen LogP contribution in [0, 0.1) is 65.1 Å². The molecule has 50 heteroatoms. The monoisotopic (exact) mass is 1980 g/mol. The number of H-pyrrole nitrogens is 1. The first-order valence-electron chi connectivity index (χ1n) is 41.7. The van der Waals surface area contributed by atoms with E-state index in [0.29, 0.717) is 42.6 Å². The minimum atomic E-state index is -4.53. The second-order valence-corrected chi connectivity index (χ2v) is 39.9. The van der Waals surface area contributed by atoms with Gasteiger partial charge in [0.25, 0.3) is 0 Å². The summed E-state index contributed by atoms with van der Waals surface area (Å²) >= 11 is 0. The summed E-state index contributed by atoms with van der Waals surface area (Å²) in [5.74, 6) is -8.31. The van der Waals surface area contributed by atoms with Crippen LogP contribution in [0.3, 0.4) is 0 Å². The minimum absolute atomic E-state index is 0.00157. The lowest BCUT2D eigenvalue weighted by molar-refractivity contribution is -0.171. The van der Waals surface area contributed by atoms with Crippen LogP contribution in [0.4, 0.5) is 0 Å². The zero-order valence-corrected chi connectivity index (χ0v) is 84.5. The highest BCUT2D eigenvalue weighted by Crippen LogP contribution is 2.49. The number of carbonyl (C=O) groups is 15. The van der Waals surface area contributed by atoms with Gasteiger partial charge in [-0.25, -0.2) is 32.8 Å². The van der Waals surface area contributed by atoms with Gasteiger partial charge in [-0.3, -0.25) is 76.7 Å². The number of carboxylic acid groups (broad SMARTS) is 2. The van der Waals surface area contributed by atoms with E-state index in [0.717, 1.165) is 18.9 Å². The van der Waals surface area contributed by atoms with Crippen molar-refractivity contribution < 1.29 is 172 Å². The fraction of sp³-hybridized carbons (Fsp3) is 0.683. The predicted molar refractivity (Wildman–Crippen MR) is 488 cm³/mol. The third-order valence-corrected chi connectivity index (χ3v) is 20.8. The Morgan fingerprint density at radius 2 is 0.917 bits per heavy atom. The predicted octanol–water partition coefficient (Wildman–Crippen LogP) is 6.23. The van der Waals surface area contributed by atoms with E-state index in [1.165, 1.54) is 38.5 Å². The van der Waals surface area contributed by atoms with Crippen LogP contribution >= 0.6 is 30.6 Å². The Morgan fingerprint density at radius 3 is 1.25 bits per heavy atom. The first kappa shape index (κ1) is 139. The van der Waals surface area contributed by atoms with Gasteiger partial charge in [0.1, 0.15) is 30.0 Å². The smallest absolute Gasteiger partial charge is 0.481 e. The van der Waals surface area contributed by atoms with Gasteiger partial charge in [-0.15, -0.1) is 0 Å². The zero-order valence-electron chi connectivity index (χ0n) is 81.0. The minimum Gasteiger partial charge on any atom is -0.481 e. The van der Waals surface area contributed by atoms with Crippen LogP contribution in [0.5, 0.6) is 5.75 Å². The van der Waals surface area contributed by atoms with E-state index >= 15 is 0 Å². The molecule has 1 heterocycles. The summed E-state index contributed by atoms with van der Waals surface area (Å²) in [5, 5.41) is 22.2. The van der Waals surface area contributed by atoms with Crippen LogP contribution in [0.25, 0.3) is 0 Å². The molecule has 0 aliphatic rings. The van der Waals surface area contributed by atoms with E-state index in [9.17, 15) is 95.1 Å². The molecule has 2 unspecified atom stereocenters. The first-order valence-corrected chi connectivity index (χ1v) is 48.3. The Labute approximate surface area is 774 Å². The number of aliphatic carboxylic acids is 2. The van der Waals surface area contributed by atoms with E-state index in [1.54, 1.807) is 123 Å². The maximum atomic E-state index is 11.8. The van der Waals surface area contributed by atoms with Crippen molar-refractivity contribution in [1.82, 2.24) is 25.5 Å². The van der Waals surface area contributed by atoms with Gasteiger partial charge in [-0.05, 0) is 57.1 Å². The molecule has 0 fully saturated rings. The molecule has 0 saturated heterocycles. The Morgan fingerprint density at radius 1 is 0.492 bits per heavy atom. The summed E-state index contributed by atoms with van der Waals surface area (Å²) < 4.78 is 83.9. The number of benzene rings is 1. The Hall–Kier alpha value is -8.78. The molecule has 132 heavy (non-hydrogen) atoms. The number of imidazole rings is 1. The number of ketones is 4.